The summed E-state index contributed by atoms with van der Waals surface area (Å²) in [4.78, 5) is 38.3. The second kappa shape index (κ2) is 14.5. The number of amides is 2. The van der Waals surface area contributed by atoms with Crippen LogP contribution in [-0.4, -0.2) is 47.8 Å². The second-order valence-corrected chi connectivity index (χ2v) is 9.36. The molecule has 0 spiro atoms. The van der Waals surface area contributed by atoms with Gasteiger partial charge in [-0.2, -0.15) is 16.9 Å². The van der Waals surface area contributed by atoms with Crippen LogP contribution in [0.4, 0.5) is 11.4 Å². The molecule has 0 saturated carbocycles. The van der Waals surface area contributed by atoms with Crippen molar-refractivity contribution >= 4 is 41.2 Å². The summed E-state index contributed by atoms with van der Waals surface area (Å²) in [5.74, 6) is 0.0152. The van der Waals surface area contributed by atoms with Crippen molar-refractivity contribution < 1.29 is 14.5 Å². The number of rotatable bonds is 13. The normalized spacial score (nSPS) is 11.6. The van der Waals surface area contributed by atoms with Crippen LogP contribution in [-0.2, 0) is 10.5 Å². The molecular weight excluding hydrogens is 502 g/mol. The van der Waals surface area contributed by atoms with Crippen molar-refractivity contribution in [1.82, 2.24) is 10.7 Å². The van der Waals surface area contributed by atoms with E-state index in [0.29, 0.717) is 11.5 Å². The maximum Gasteiger partial charge on any atom is 0.269 e. The zero-order valence-electron chi connectivity index (χ0n) is 21.4. The number of benzene rings is 3. The molecule has 10 heteroatoms. The highest BCUT2D eigenvalue weighted by molar-refractivity contribution is 7.98. The standard InChI is InChI=1S/C28H31N5O4S/c1-3-32(4-2)24-14-10-21(11-15-24)18-29-31-28(35)26(20-38-19-22-8-6-5-7-9-22)30-27(34)23-12-16-25(17-13-23)33(36)37/h5-18,26H,3-4,19-20H2,1-2H3,(H,30,34)(H,31,35)/b29-18-/t26-/m1/s1. The molecule has 198 valence electrons. The predicted octanol–water partition coefficient (Wildman–Crippen LogP) is 4.62. The van der Waals surface area contributed by atoms with Gasteiger partial charge in [-0.05, 0) is 49.2 Å². The first-order chi connectivity index (χ1) is 18.4. The molecule has 0 heterocycles. The Morgan fingerprint density at radius 2 is 1.66 bits per heavy atom. The summed E-state index contributed by atoms with van der Waals surface area (Å²) >= 11 is 1.50. The molecule has 0 aromatic heterocycles. The van der Waals surface area contributed by atoms with E-state index in [4.69, 9.17) is 0 Å². The van der Waals surface area contributed by atoms with Crippen LogP contribution in [0.1, 0.15) is 35.3 Å². The summed E-state index contributed by atoms with van der Waals surface area (Å²) in [5.41, 5.74) is 5.67. The SMILES string of the molecule is CCN(CC)c1ccc(/C=N\NC(=O)[C@@H](CSCc2ccccc2)NC(=O)c2ccc([N+](=O)[O-])cc2)cc1. The Morgan fingerprint density at radius 1 is 1.00 bits per heavy atom. The van der Waals surface area contributed by atoms with Gasteiger partial charge in [0, 0.05) is 48.0 Å². The van der Waals surface area contributed by atoms with E-state index in [0.717, 1.165) is 29.9 Å². The number of hydrogen-bond donors (Lipinski definition) is 2. The average Bonchev–Trinajstić information content (AvgIpc) is 2.94. The van der Waals surface area contributed by atoms with Crippen molar-refractivity contribution in [3.63, 3.8) is 0 Å². The number of thioether (sulfide) groups is 1. The molecule has 3 aromatic rings. The fraction of sp³-hybridized carbons (Fsp3) is 0.250. The van der Waals surface area contributed by atoms with Gasteiger partial charge in [0.25, 0.3) is 17.5 Å². The smallest absolute Gasteiger partial charge is 0.269 e. The molecule has 0 aliphatic heterocycles. The molecule has 2 N–H and O–H groups in total. The van der Waals surface area contributed by atoms with Gasteiger partial charge in [0.2, 0.25) is 0 Å². The maximum absolute atomic E-state index is 13.0. The quantitative estimate of drug-likeness (QED) is 0.188. The van der Waals surface area contributed by atoms with Crippen LogP contribution < -0.4 is 15.6 Å². The van der Waals surface area contributed by atoms with Gasteiger partial charge >= 0.3 is 0 Å². The second-order valence-electron chi connectivity index (χ2n) is 8.33. The minimum Gasteiger partial charge on any atom is -0.372 e. The van der Waals surface area contributed by atoms with Crippen LogP contribution in [0.25, 0.3) is 0 Å². The molecule has 3 aromatic carbocycles. The molecular formula is C28H31N5O4S. The van der Waals surface area contributed by atoms with E-state index in [2.05, 4.69) is 34.6 Å². The van der Waals surface area contributed by atoms with Crippen molar-refractivity contribution in [1.29, 1.82) is 0 Å². The Hall–Kier alpha value is -4.18. The highest BCUT2D eigenvalue weighted by Crippen LogP contribution is 2.16. The van der Waals surface area contributed by atoms with E-state index in [1.54, 1.807) is 6.21 Å². The van der Waals surface area contributed by atoms with Crippen molar-refractivity contribution in [2.24, 2.45) is 5.10 Å². The summed E-state index contributed by atoms with van der Waals surface area (Å²) < 4.78 is 0. The molecule has 9 nitrogen and oxygen atoms in total. The van der Waals surface area contributed by atoms with E-state index in [1.807, 2.05) is 54.6 Å². The van der Waals surface area contributed by atoms with Crippen LogP contribution in [0.3, 0.4) is 0 Å². The number of non-ortho nitro benzene ring substituents is 1. The summed E-state index contributed by atoms with van der Waals surface area (Å²) in [7, 11) is 0. The third-order valence-corrected chi connectivity index (χ3v) is 6.87. The minimum absolute atomic E-state index is 0.117. The van der Waals surface area contributed by atoms with Crippen LogP contribution in [0, 0.1) is 10.1 Å². The summed E-state index contributed by atoms with van der Waals surface area (Å²) in [6.07, 6.45) is 1.55. The van der Waals surface area contributed by atoms with Crippen LogP contribution >= 0.6 is 11.8 Å². The Kier molecular flexibility index (Phi) is 10.9. The lowest BCUT2D eigenvalue weighted by Crippen LogP contribution is -2.47. The van der Waals surface area contributed by atoms with Crippen molar-refractivity contribution in [2.45, 2.75) is 25.6 Å². The molecule has 3 rings (SSSR count). The van der Waals surface area contributed by atoms with E-state index >= 15 is 0 Å². The van der Waals surface area contributed by atoms with Gasteiger partial charge in [0.05, 0.1) is 11.1 Å². The number of nitrogens with zero attached hydrogens (tertiary/aromatic N) is 3. The minimum atomic E-state index is -0.867. The molecule has 38 heavy (non-hydrogen) atoms. The first-order valence-corrected chi connectivity index (χ1v) is 13.4. The summed E-state index contributed by atoms with van der Waals surface area (Å²) in [5, 5.41) is 17.7. The molecule has 0 radical (unpaired) electrons. The molecule has 0 fully saturated rings. The number of hydrogen-bond acceptors (Lipinski definition) is 7. The van der Waals surface area contributed by atoms with Gasteiger partial charge in [-0.3, -0.25) is 19.7 Å². The molecule has 0 saturated heterocycles. The number of nitro benzene ring substituents is 1. The third kappa shape index (κ3) is 8.45. The maximum atomic E-state index is 13.0. The van der Waals surface area contributed by atoms with Crippen molar-refractivity contribution in [3.8, 4) is 0 Å². The topological polar surface area (TPSA) is 117 Å². The number of nitrogens with one attached hydrogen (secondary N) is 2. The number of anilines is 1. The van der Waals surface area contributed by atoms with Gasteiger partial charge in [-0.25, -0.2) is 5.43 Å². The van der Waals surface area contributed by atoms with Crippen molar-refractivity contribution in [3.05, 3.63) is 106 Å². The largest absolute Gasteiger partial charge is 0.372 e. The molecule has 1 atom stereocenters. The number of carbonyl (C=O) groups is 2. The number of nitro groups is 1. The highest BCUT2D eigenvalue weighted by atomic mass is 32.2. The highest BCUT2D eigenvalue weighted by Gasteiger charge is 2.22. The van der Waals surface area contributed by atoms with Gasteiger partial charge in [0.15, 0.2) is 0 Å². The Labute approximate surface area is 226 Å². The zero-order chi connectivity index (χ0) is 27.3. The third-order valence-electron chi connectivity index (χ3n) is 5.77. The zero-order valence-corrected chi connectivity index (χ0v) is 22.2. The molecule has 0 aliphatic carbocycles. The number of carbonyl (C=O) groups excluding carboxylic acids is 2. The first-order valence-electron chi connectivity index (χ1n) is 12.3. The van der Waals surface area contributed by atoms with E-state index in [-0.39, 0.29) is 11.3 Å². The van der Waals surface area contributed by atoms with Gasteiger partial charge < -0.3 is 10.2 Å². The molecule has 2 amide bonds. The van der Waals surface area contributed by atoms with Crippen molar-refractivity contribution in [2.75, 3.05) is 23.7 Å². The van der Waals surface area contributed by atoms with Crippen LogP contribution in [0.15, 0.2) is 84.0 Å². The molecule has 0 aliphatic rings. The lowest BCUT2D eigenvalue weighted by atomic mass is 10.2. The van der Waals surface area contributed by atoms with Crippen LogP contribution in [0.2, 0.25) is 0 Å². The van der Waals surface area contributed by atoms with E-state index in [9.17, 15) is 19.7 Å². The number of hydrazone groups is 1. The Morgan fingerprint density at radius 3 is 2.26 bits per heavy atom. The average molecular weight is 534 g/mol. The monoisotopic (exact) mass is 533 g/mol. The lowest BCUT2D eigenvalue weighted by molar-refractivity contribution is -0.384. The lowest BCUT2D eigenvalue weighted by Gasteiger charge is -2.20. The summed E-state index contributed by atoms with van der Waals surface area (Å²) in [6, 6.07) is 22.0. The fourth-order valence-corrected chi connectivity index (χ4v) is 4.65. The Balaban J connectivity index is 1.65. The van der Waals surface area contributed by atoms with Gasteiger partial charge in [-0.1, -0.05) is 42.5 Å². The molecule has 0 unspecified atom stereocenters. The Bertz CT molecular complexity index is 1230. The first kappa shape index (κ1) is 28.4. The van der Waals surface area contributed by atoms with E-state index < -0.39 is 22.8 Å². The van der Waals surface area contributed by atoms with Gasteiger partial charge in [-0.15, -0.1) is 0 Å². The fourth-order valence-electron chi connectivity index (χ4n) is 3.64. The van der Waals surface area contributed by atoms with Gasteiger partial charge in [0.1, 0.15) is 6.04 Å². The molecule has 0 bridgehead atoms. The van der Waals surface area contributed by atoms with E-state index in [1.165, 1.54) is 36.0 Å². The van der Waals surface area contributed by atoms with Crippen LogP contribution in [0.5, 0.6) is 0 Å². The predicted molar refractivity (Wildman–Crippen MR) is 153 cm³/mol. The summed E-state index contributed by atoms with van der Waals surface area (Å²) in [6.45, 7) is 6.03.